The van der Waals surface area contributed by atoms with Gasteiger partial charge in [0.25, 0.3) is 0 Å². The number of hydrogen-bond acceptors (Lipinski definition) is 3. The molecule has 0 N–H and O–H groups in total. The van der Waals surface area contributed by atoms with E-state index in [1.165, 1.54) is 0 Å². The molecular weight excluding hydrogens is 188 g/mol. The van der Waals surface area contributed by atoms with Gasteiger partial charge in [0.1, 0.15) is 17.0 Å². The fraction of sp³-hybridized carbons (Fsp3) is 0.333. The van der Waals surface area contributed by atoms with Gasteiger partial charge in [0.05, 0.1) is 17.9 Å². The average Bonchev–Trinajstić information content (AvgIpc) is 2.92. The monoisotopic (exact) mass is 194 g/mol. The molecular formula is C9H7ClN2O. The molecule has 0 bridgehead atoms. The summed E-state index contributed by atoms with van der Waals surface area (Å²) >= 11 is 5.66. The predicted molar refractivity (Wildman–Crippen MR) is 47.6 cm³/mol. The molecule has 0 spiro atoms. The summed E-state index contributed by atoms with van der Waals surface area (Å²) in [5.74, 6) is 0.628. The summed E-state index contributed by atoms with van der Waals surface area (Å²) in [5.41, 5.74) is 0.361. The van der Waals surface area contributed by atoms with Crippen LogP contribution in [0.2, 0.25) is 5.15 Å². The number of pyridine rings is 1. The molecule has 0 radical (unpaired) electrons. The lowest BCUT2D eigenvalue weighted by atomic mass is 10.3. The zero-order valence-electron chi connectivity index (χ0n) is 6.83. The van der Waals surface area contributed by atoms with Crippen LogP contribution >= 0.6 is 11.6 Å². The first-order valence-electron chi connectivity index (χ1n) is 4.02. The van der Waals surface area contributed by atoms with Crippen LogP contribution in [-0.4, -0.2) is 11.1 Å². The van der Waals surface area contributed by atoms with E-state index in [1.54, 1.807) is 12.3 Å². The minimum absolute atomic E-state index is 0.227. The first-order valence-corrected chi connectivity index (χ1v) is 4.39. The van der Waals surface area contributed by atoms with Gasteiger partial charge in [-0.05, 0) is 12.8 Å². The Hall–Kier alpha value is -1.27. The largest absolute Gasteiger partial charge is 0.489 e. The van der Waals surface area contributed by atoms with E-state index in [2.05, 4.69) is 4.98 Å². The lowest BCUT2D eigenvalue weighted by Crippen LogP contribution is -1.97. The molecule has 0 unspecified atom stereocenters. The van der Waals surface area contributed by atoms with Crippen molar-refractivity contribution in [3.8, 4) is 11.8 Å². The number of aromatic nitrogens is 1. The molecule has 4 heteroatoms. The highest BCUT2D eigenvalue weighted by Crippen LogP contribution is 2.27. The first-order chi connectivity index (χ1) is 6.29. The quantitative estimate of drug-likeness (QED) is 0.678. The Bertz CT molecular complexity index is 368. The van der Waals surface area contributed by atoms with Gasteiger partial charge in [-0.3, -0.25) is 0 Å². The van der Waals surface area contributed by atoms with Crippen molar-refractivity contribution in [2.24, 2.45) is 0 Å². The van der Waals surface area contributed by atoms with Gasteiger partial charge in [0, 0.05) is 6.07 Å². The van der Waals surface area contributed by atoms with Gasteiger partial charge in [-0.15, -0.1) is 0 Å². The van der Waals surface area contributed by atoms with E-state index in [0.29, 0.717) is 17.4 Å². The standard InChI is InChI=1S/C9H7ClN2O/c10-9-6(4-11)3-8(5-12-9)13-7-1-2-7/h3,5,7H,1-2H2. The summed E-state index contributed by atoms with van der Waals surface area (Å²) in [6, 6.07) is 3.57. The number of nitrogens with zero attached hydrogens (tertiary/aromatic N) is 2. The average molecular weight is 195 g/mol. The van der Waals surface area contributed by atoms with Crippen molar-refractivity contribution in [3.63, 3.8) is 0 Å². The fourth-order valence-electron chi connectivity index (χ4n) is 0.950. The van der Waals surface area contributed by atoms with Crippen LogP contribution in [0.3, 0.4) is 0 Å². The van der Waals surface area contributed by atoms with Crippen LogP contribution in [0.5, 0.6) is 5.75 Å². The lowest BCUT2D eigenvalue weighted by molar-refractivity contribution is 0.302. The Balaban J connectivity index is 2.22. The van der Waals surface area contributed by atoms with Gasteiger partial charge < -0.3 is 4.74 Å². The van der Waals surface area contributed by atoms with E-state index >= 15 is 0 Å². The minimum atomic E-state index is 0.227. The maximum Gasteiger partial charge on any atom is 0.147 e. The third-order valence-corrected chi connectivity index (χ3v) is 2.06. The summed E-state index contributed by atoms with van der Waals surface area (Å²) < 4.78 is 5.45. The van der Waals surface area contributed by atoms with E-state index in [1.807, 2.05) is 6.07 Å². The Kier molecular flexibility index (Phi) is 2.07. The molecule has 0 aromatic carbocycles. The molecule has 1 saturated carbocycles. The zero-order chi connectivity index (χ0) is 9.26. The Morgan fingerprint density at radius 2 is 2.38 bits per heavy atom. The molecule has 66 valence electrons. The third kappa shape index (κ3) is 1.90. The lowest BCUT2D eigenvalue weighted by Gasteiger charge is -2.03. The van der Waals surface area contributed by atoms with Crippen LogP contribution in [0.25, 0.3) is 0 Å². The van der Waals surface area contributed by atoms with Crippen LogP contribution in [-0.2, 0) is 0 Å². The van der Waals surface area contributed by atoms with Crippen molar-refractivity contribution in [3.05, 3.63) is 23.0 Å². The summed E-state index contributed by atoms with van der Waals surface area (Å²) in [6.07, 6.45) is 4.03. The normalized spacial score (nSPS) is 15.1. The first kappa shape index (κ1) is 8.33. The van der Waals surface area contributed by atoms with Crippen molar-refractivity contribution in [2.45, 2.75) is 18.9 Å². The summed E-state index contributed by atoms with van der Waals surface area (Å²) in [5, 5.41) is 8.89. The third-order valence-electron chi connectivity index (χ3n) is 1.76. The summed E-state index contributed by atoms with van der Waals surface area (Å²) in [4.78, 5) is 3.85. The van der Waals surface area contributed by atoms with Gasteiger partial charge in [-0.1, -0.05) is 11.6 Å². The van der Waals surface area contributed by atoms with E-state index in [9.17, 15) is 0 Å². The summed E-state index contributed by atoms with van der Waals surface area (Å²) in [7, 11) is 0. The summed E-state index contributed by atoms with van der Waals surface area (Å²) in [6.45, 7) is 0. The molecule has 0 atom stereocenters. The van der Waals surface area contributed by atoms with Gasteiger partial charge in [0.15, 0.2) is 0 Å². The highest BCUT2D eigenvalue weighted by Gasteiger charge is 2.23. The second-order valence-electron chi connectivity index (χ2n) is 2.94. The topological polar surface area (TPSA) is 45.9 Å². The van der Waals surface area contributed by atoms with Crippen LogP contribution < -0.4 is 4.74 Å². The van der Waals surface area contributed by atoms with Gasteiger partial charge in [0.2, 0.25) is 0 Å². The van der Waals surface area contributed by atoms with Gasteiger partial charge >= 0.3 is 0 Å². The number of nitriles is 1. The predicted octanol–water partition coefficient (Wildman–Crippen LogP) is 2.15. The zero-order valence-corrected chi connectivity index (χ0v) is 7.58. The minimum Gasteiger partial charge on any atom is -0.489 e. The van der Waals surface area contributed by atoms with Crippen LogP contribution in [0.4, 0.5) is 0 Å². The van der Waals surface area contributed by atoms with Crippen molar-refractivity contribution in [1.29, 1.82) is 5.26 Å². The fourth-order valence-corrected chi connectivity index (χ4v) is 1.10. The maximum absolute atomic E-state index is 8.66. The second-order valence-corrected chi connectivity index (χ2v) is 3.30. The molecule has 1 aromatic heterocycles. The maximum atomic E-state index is 8.66. The molecule has 1 fully saturated rings. The van der Waals surface area contributed by atoms with E-state index in [-0.39, 0.29) is 5.15 Å². The van der Waals surface area contributed by atoms with Crippen LogP contribution in [0.15, 0.2) is 12.3 Å². The van der Waals surface area contributed by atoms with Crippen molar-refractivity contribution in [2.75, 3.05) is 0 Å². The highest BCUT2D eigenvalue weighted by molar-refractivity contribution is 6.30. The molecule has 0 aliphatic heterocycles. The van der Waals surface area contributed by atoms with Gasteiger partial charge in [-0.2, -0.15) is 5.26 Å². The van der Waals surface area contributed by atoms with Crippen LogP contribution in [0, 0.1) is 11.3 Å². The SMILES string of the molecule is N#Cc1cc(OC2CC2)cnc1Cl. The number of ether oxygens (including phenoxy) is 1. The van der Waals surface area contributed by atoms with E-state index in [0.717, 1.165) is 12.8 Å². The smallest absolute Gasteiger partial charge is 0.147 e. The van der Waals surface area contributed by atoms with Crippen molar-refractivity contribution in [1.82, 2.24) is 4.98 Å². The van der Waals surface area contributed by atoms with Crippen molar-refractivity contribution < 1.29 is 4.74 Å². The van der Waals surface area contributed by atoms with Gasteiger partial charge in [-0.25, -0.2) is 4.98 Å². The Morgan fingerprint density at radius 3 is 3.00 bits per heavy atom. The van der Waals surface area contributed by atoms with Crippen molar-refractivity contribution >= 4 is 11.6 Å². The molecule has 3 nitrogen and oxygen atoms in total. The molecule has 1 aromatic rings. The molecule has 2 rings (SSSR count). The molecule has 1 aliphatic rings. The number of halogens is 1. The molecule has 13 heavy (non-hydrogen) atoms. The second kappa shape index (κ2) is 3.23. The molecule has 0 amide bonds. The highest BCUT2D eigenvalue weighted by atomic mass is 35.5. The number of hydrogen-bond donors (Lipinski definition) is 0. The van der Waals surface area contributed by atoms with E-state index < -0.39 is 0 Å². The van der Waals surface area contributed by atoms with Crippen LogP contribution in [0.1, 0.15) is 18.4 Å². The Morgan fingerprint density at radius 1 is 1.62 bits per heavy atom. The Labute approximate surface area is 80.9 Å². The van der Waals surface area contributed by atoms with E-state index in [4.69, 9.17) is 21.6 Å². The number of rotatable bonds is 2. The molecule has 0 saturated heterocycles. The molecule has 1 heterocycles. The molecule has 1 aliphatic carbocycles.